The smallest absolute Gasteiger partial charge is 0.0540 e. The lowest BCUT2D eigenvalue weighted by Crippen LogP contribution is -2.14. The average molecular weight is 953 g/mol. The normalized spacial score (nSPS) is 11.5. The van der Waals surface area contributed by atoms with Crippen molar-refractivity contribution < 1.29 is 0 Å². The molecule has 0 radical (unpaired) electrons. The zero-order valence-corrected chi connectivity index (χ0v) is 43.7. The maximum atomic E-state index is 2.55. The van der Waals surface area contributed by atoms with E-state index in [1.54, 1.807) is 0 Å². The summed E-state index contributed by atoms with van der Waals surface area (Å²) in [6.45, 7) is 17.9. The molecule has 0 unspecified atom stereocenters. The number of nitrogens with zero attached hydrogens (tertiary/aromatic N) is 2. The van der Waals surface area contributed by atoms with Crippen LogP contribution < -0.4 is 9.80 Å². The van der Waals surface area contributed by atoms with Crippen molar-refractivity contribution in [1.82, 2.24) is 0 Å². The summed E-state index contributed by atoms with van der Waals surface area (Å²) in [5.41, 5.74) is 26.5. The molecule has 0 aliphatic heterocycles. The predicted molar refractivity (Wildman–Crippen MR) is 319 cm³/mol. The lowest BCUT2D eigenvalue weighted by Gasteiger charge is -2.32. The van der Waals surface area contributed by atoms with Crippen LogP contribution in [0.15, 0.2) is 218 Å². The molecule has 12 aromatic carbocycles. The average Bonchev–Trinajstić information content (AvgIpc) is 3.40. The Morgan fingerprint density at radius 2 is 0.514 bits per heavy atom. The third-order valence-electron chi connectivity index (χ3n) is 15.6. The molecule has 0 aromatic heterocycles. The first-order valence-electron chi connectivity index (χ1n) is 26.0. The molecule has 0 heterocycles. The van der Waals surface area contributed by atoms with Gasteiger partial charge in [0.2, 0.25) is 0 Å². The number of aryl methyl sites for hydroxylation is 8. The Hall–Kier alpha value is -8.72. The van der Waals surface area contributed by atoms with E-state index in [0.29, 0.717) is 0 Å². The molecule has 0 spiro atoms. The highest BCUT2D eigenvalue weighted by molar-refractivity contribution is 6.28. The van der Waals surface area contributed by atoms with E-state index in [1.807, 2.05) is 0 Å². The third-order valence-corrected chi connectivity index (χ3v) is 15.6. The molecule has 2 nitrogen and oxygen atoms in total. The number of para-hydroxylation sites is 2. The molecule has 0 amide bonds. The van der Waals surface area contributed by atoms with Gasteiger partial charge in [-0.05, 0) is 214 Å². The molecule has 0 aliphatic rings. The molecule has 12 aromatic rings. The van der Waals surface area contributed by atoms with Crippen molar-refractivity contribution >= 4 is 66.4 Å². The van der Waals surface area contributed by atoms with E-state index in [9.17, 15) is 0 Å². The van der Waals surface area contributed by atoms with Gasteiger partial charge in [-0.25, -0.2) is 0 Å². The molecule has 0 N–H and O–H groups in total. The summed E-state index contributed by atoms with van der Waals surface area (Å²) in [7, 11) is 0. The van der Waals surface area contributed by atoms with Gasteiger partial charge in [-0.1, -0.05) is 170 Å². The van der Waals surface area contributed by atoms with Crippen molar-refractivity contribution in [3.63, 3.8) is 0 Å². The second-order valence-corrected chi connectivity index (χ2v) is 20.5. The highest BCUT2D eigenvalue weighted by atomic mass is 15.2. The van der Waals surface area contributed by atoms with E-state index >= 15 is 0 Å². The maximum Gasteiger partial charge on any atom is 0.0540 e. The van der Waals surface area contributed by atoms with Gasteiger partial charge in [0.25, 0.3) is 0 Å². The minimum absolute atomic E-state index is 1.12. The zero-order chi connectivity index (χ0) is 50.8. The number of rotatable bonds is 10. The van der Waals surface area contributed by atoms with Gasteiger partial charge in [0.1, 0.15) is 0 Å². The van der Waals surface area contributed by atoms with E-state index in [0.717, 1.165) is 22.7 Å². The molecule has 74 heavy (non-hydrogen) atoms. The minimum atomic E-state index is 1.12. The molecular weight excluding hydrogens is 893 g/mol. The van der Waals surface area contributed by atoms with Gasteiger partial charge in [0.05, 0.1) is 22.7 Å². The van der Waals surface area contributed by atoms with Gasteiger partial charge in [-0.15, -0.1) is 0 Å². The Balaban J connectivity index is 1.14. The van der Waals surface area contributed by atoms with Crippen LogP contribution in [0.3, 0.4) is 0 Å². The Morgan fingerprint density at radius 1 is 0.243 bits per heavy atom. The number of anilines is 6. The van der Waals surface area contributed by atoms with Gasteiger partial charge >= 0.3 is 0 Å². The van der Waals surface area contributed by atoms with Crippen molar-refractivity contribution in [2.75, 3.05) is 9.80 Å². The Bertz CT molecular complexity index is 3700. The molecule has 2 heteroatoms. The van der Waals surface area contributed by atoms with Crippen LogP contribution in [0.2, 0.25) is 0 Å². The van der Waals surface area contributed by atoms with E-state index in [-0.39, 0.29) is 0 Å². The molecule has 0 aliphatic carbocycles. The molecule has 12 rings (SSSR count). The van der Waals surface area contributed by atoms with Crippen molar-refractivity contribution in [3.05, 3.63) is 263 Å². The zero-order valence-electron chi connectivity index (χ0n) is 43.7. The number of hydrogen-bond donors (Lipinski definition) is 0. The standard InChI is InChI=1S/C72H60N2/c1-45-19-9-13-27-61(45)55-39-56(62-28-14-10-20-46(62)2)42-59(41-55)73(71-49(5)23-17-24-50(71)6)67-37-33-53-32-36-66-68(38-34-54-31-35-65(67)69(53)70(54)66)74(72-51(7)25-18-26-52(72)8)60-43-57(63-29-15-11-21-47(63)3)40-58(44-60)64-30-16-12-22-48(64)4/h9-44H,1-8H3. The van der Waals surface area contributed by atoms with Gasteiger partial charge < -0.3 is 9.80 Å². The molecule has 358 valence electrons. The van der Waals surface area contributed by atoms with Crippen molar-refractivity contribution in [3.8, 4) is 44.5 Å². The van der Waals surface area contributed by atoms with Crippen LogP contribution in [0.25, 0.3) is 76.8 Å². The quantitative estimate of drug-likeness (QED) is 0.126. The molecule has 0 saturated heterocycles. The molecule has 0 bridgehead atoms. The molecular formula is C72H60N2. The van der Waals surface area contributed by atoms with Crippen LogP contribution in [-0.4, -0.2) is 0 Å². The van der Waals surface area contributed by atoms with Gasteiger partial charge in [0, 0.05) is 22.1 Å². The fourth-order valence-electron chi connectivity index (χ4n) is 11.9. The first-order valence-corrected chi connectivity index (χ1v) is 26.0. The lowest BCUT2D eigenvalue weighted by atomic mass is 9.90. The summed E-state index contributed by atoms with van der Waals surface area (Å²) < 4.78 is 0. The SMILES string of the molecule is Cc1ccccc1-c1cc(-c2ccccc2C)cc(N(c2c(C)cccc2C)c2ccc3ccc4c(N(c5cc(-c6ccccc6C)cc(-c6ccccc6C)c5)c5c(C)cccc5C)ccc5ccc2c3c54)c1. The van der Waals surface area contributed by atoms with E-state index < -0.39 is 0 Å². The topological polar surface area (TPSA) is 6.48 Å². The highest BCUT2D eigenvalue weighted by Crippen LogP contribution is 2.51. The van der Waals surface area contributed by atoms with E-state index in [4.69, 9.17) is 0 Å². The Kier molecular flexibility index (Phi) is 11.7. The van der Waals surface area contributed by atoms with Crippen LogP contribution in [0, 0.1) is 55.4 Å². The second kappa shape index (κ2) is 18.7. The van der Waals surface area contributed by atoms with E-state index in [2.05, 4.69) is 284 Å². The Labute approximate surface area is 436 Å². The van der Waals surface area contributed by atoms with Crippen molar-refractivity contribution in [2.45, 2.75) is 55.4 Å². The monoisotopic (exact) mass is 952 g/mol. The lowest BCUT2D eigenvalue weighted by molar-refractivity contribution is 1.23. The fourth-order valence-corrected chi connectivity index (χ4v) is 11.9. The minimum Gasteiger partial charge on any atom is -0.309 e. The van der Waals surface area contributed by atoms with E-state index in [1.165, 1.54) is 133 Å². The number of benzene rings is 12. The first kappa shape index (κ1) is 46.4. The van der Waals surface area contributed by atoms with Crippen LogP contribution in [-0.2, 0) is 0 Å². The molecule has 0 fully saturated rings. The first-order chi connectivity index (χ1) is 36.0. The summed E-state index contributed by atoms with van der Waals surface area (Å²) in [5, 5.41) is 7.39. The molecule has 0 saturated carbocycles. The van der Waals surface area contributed by atoms with Crippen LogP contribution in [0.5, 0.6) is 0 Å². The Morgan fingerprint density at radius 3 is 0.811 bits per heavy atom. The van der Waals surface area contributed by atoms with Gasteiger partial charge in [-0.2, -0.15) is 0 Å². The molecule has 0 atom stereocenters. The van der Waals surface area contributed by atoms with Gasteiger partial charge in [-0.3, -0.25) is 0 Å². The fraction of sp³-hybridized carbons (Fsp3) is 0.111. The van der Waals surface area contributed by atoms with Crippen LogP contribution in [0.1, 0.15) is 44.5 Å². The van der Waals surface area contributed by atoms with Crippen LogP contribution in [0.4, 0.5) is 34.1 Å². The summed E-state index contributed by atoms with van der Waals surface area (Å²) >= 11 is 0. The van der Waals surface area contributed by atoms with Crippen LogP contribution >= 0.6 is 0 Å². The predicted octanol–water partition coefficient (Wildman–Crippen LogP) is 20.7. The highest BCUT2D eigenvalue weighted by Gasteiger charge is 2.26. The third kappa shape index (κ3) is 7.99. The largest absolute Gasteiger partial charge is 0.309 e. The van der Waals surface area contributed by atoms with Gasteiger partial charge in [0.15, 0.2) is 0 Å². The number of hydrogen-bond acceptors (Lipinski definition) is 2. The summed E-state index contributed by atoms with van der Waals surface area (Å²) in [5.74, 6) is 0. The summed E-state index contributed by atoms with van der Waals surface area (Å²) in [6.07, 6.45) is 0. The van der Waals surface area contributed by atoms with Crippen molar-refractivity contribution in [1.29, 1.82) is 0 Å². The maximum absolute atomic E-state index is 2.55. The summed E-state index contributed by atoms with van der Waals surface area (Å²) in [4.78, 5) is 5.10. The summed E-state index contributed by atoms with van der Waals surface area (Å²) in [6, 6.07) is 81.7. The second-order valence-electron chi connectivity index (χ2n) is 20.5. The van der Waals surface area contributed by atoms with Crippen molar-refractivity contribution in [2.24, 2.45) is 0 Å².